The molecule has 25 heavy (non-hydrogen) atoms. The Labute approximate surface area is 149 Å². The molecule has 1 aromatic rings. The largest absolute Gasteiger partial charge is 0.467 e. The Kier molecular flexibility index (Phi) is 6.87. The Hall–Kier alpha value is -2.02. The van der Waals surface area contributed by atoms with E-state index in [1.807, 2.05) is 19.9 Å². The molecule has 0 N–H and O–H groups in total. The van der Waals surface area contributed by atoms with E-state index >= 15 is 0 Å². The minimum Gasteiger partial charge on any atom is -0.467 e. The molecule has 0 aromatic carbocycles. The van der Waals surface area contributed by atoms with E-state index in [-0.39, 0.29) is 30.6 Å². The van der Waals surface area contributed by atoms with Gasteiger partial charge in [0.05, 0.1) is 18.9 Å². The third-order valence-electron chi connectivity index (χ3n) is 4.28. The molecule has 2 rings (SSSR count). The molecule has 3 amide bonds. The van der Waals surface area contributed by atoms with Gasteiger partial charge in [0.2, 0.25) is 5.91 Å². The van der Waals surface area contributed by atoms with Crippen molar-refractivity contribution in [3.8, 4) is 0 Å². The second kappa shape index (κ2) is 8.89. The number of hydrogen-bond donors (Lipinski definition) is 0. The van der Waals surface area contributed by atoms with E-state index in [9.17, 15) is 9.59 Å². The van der Waals surface area contributed by atoms with Crippen LogP contribution in [0.1, 0.15) is 32.4 Å². The number of rotatable bonds is 7. The van der Waals surface area contributed by atoms with Gasteiger partial charge in [-0.3, -0.25) is 4.79 Å². The van der Waals surface area contributed by atoms with Crippen molar-refractivity contribution in [2.75, 3.05) is 33.8 Å². The van der Waals surface area contributed by atoms with Crippen LogP contribution in [0.3, 0.4) is 0 Å². The first-order valence-electron chi connectivity index (χ1n) is 8.78. The maximum atomic E-state index is 12.9. The van der Waals surface area contributed by atoms with Crippen molar-refractivity contribution >= 4 is 11.9 Å². The zero-order valence-corrected chi connectivity index (χ0v) is 15.6. The van der Waals surface area contributed by atoms with Crippen molar-refractivity contribution in [2.45, 2.75) is 45.4 Å². The molecular weight excluding hydrogens is 322 g/mol. The second-order valence-electron chi connectivity index (χ2n) is 6.89. The number of ether oxygens (including phenoxy) is 1. The summed E-state index contributed by atoms with van der Waals surface area (Å²) in [7, 11) is 3.38. The fraction of sp³-hybridized carbons (Fsp3) is 0.667. The first kappa shape index (κ1) is 19.3. The third kappa shape index (κ3) is 5.49. The number of carbonyl (C=O) groups is 2. The highest BCUT2D eigenvalue weighted by atomic mass is 16.5. The molecule has 140 valence electrons. The van der Waals surface area contributed by atoms with Crippen LogP contribution in [0, 0.1) is 0 Å². The molecule has 0 aliphatic carbocycles. The summed E-state index contributed by atoms with van der Waals surface area (Å²) in [6.07, 6.45) is 3.62. The fourth-order valence-corrected chi connectivity index (χ4v) is 2.85. The quantitative estimate of drug-likeness (QED) is 0.755. The number of urea groups is 1. The Morgan fingerprint density at radius 3 is 2.60 bits per heavy atom. The van der Waals surface area contributed by atoms with Crippen molar-refractivity contribution in [3.63, 3.8) is 0 Å². The second-order valence-corrected chi connectivity index (χ2v) is 6.89. The minimum absolute atomic E-state index is 0.0438. The Balaban J connectivity index is 2.07. The molecule has 2 heterocycles. The maximum absolute atomic E-state index is 12.9. The van der Waals surface area contributed by atoms with E-state index in [2.05, 4.69) is 0 Å². The fourth-order valence-electron chi connectivity index (χ4n) is 2.85. The summed E-state index contributed by atoms with van der Waals surface area (Å²) < 4.78 is 11.1. The Bertz CT molecular complexity index is 551. The molecule has 0 bridgehead atoms. The van der Waals surface area contributed by atoms with Crippen molar-refractivity contribution in [2.24, 2.45) is 0 Å². The van der Waals surface area contributed by atoms with Crippen LogP contribution in [-0.2, 0) is 16.1 Å². The highest BCUT2D eigenvalue weighted by Crippen LogP contribution is 2.16. The van der Waals surface area contributed by atoms with Gasteiger partial charge in [-0.2, -0.15) is 0 Å². The number of amides is 3. The number of hydrogen-bond acceptors (Lipinski definition) is 4. The zero-order valence-electron chi connectivity index (χ0n) is 15.6. The van der Waals surface area contributed by atoms with E-state index in [1.54, 1.807) is 36.2 Å². The van der Waals surface area contributed by atoms with Gasteiger partial charge in [-0.25, -0.2) is 4.79 Å². The number of furan rings is 1. The third-order valence-corrected chi connectivity index (χ3v) is 4.28. The maximum Gasteiger partial charge on any atom is 0.320 e. The van der Waals surface area contributed by atoms with Crippen LogP contribution in [0.4, 0.5) is 4.79 Å². The van der Waals surface area contributed by atoms with Gasteiger partial charge in [-0.15, -0.1) is 0 Å². The van der Waals surface area contributed by atoms with Gasteiger partial charge in [0, 0.05) is 33.3 Å². The summed E-state index contributed by atoms with van der Waals surface area (Å²) in [5, 5.41) is 0. The average molecular weight is 351 g/mol. The molecule has 1 fully saturated rings. The molecule has 0 spiro atoms. The predicted octanol–water partition coefficient (Wildman–Crippen LogP) is 2.18. The van der Waals surface area contributed by atoms with Crippen LogP contribution in [0.25, 0.3) is 0 Å². The van der Waals surface area contributed by atoms with Gasteiger partial charge in [0.1, 0.15) is 12.3 Å². The molecule has 1 unspecified atom stereocenters. The highest BCUT2D eigenvalue weighted by Gasteiger charge is 2.27. The average Bonchev–Trinajstić information content (AvgIpc) is 3.24. The van der Waals surface area contributed by atoms with Crippen LogP contribution in [0.5, 0.6) is 0 Å². The summed E-state index contributed by atoms with van der Waals surface area (Å²) in [6, 6.07) is 3.42. The molecule has 0 saturated carbocycles. The van der Waals surface area contributed by atoms with Gasteiger partial charge in [0.15, 0.2) is 0 Å². The minimum atomic E-state index is -0.168. The first-order chi connectivity index (χ1) is 11.9. The standard InChI is InChI=1S/C18H29N3O4/c1-14(2)21(18(23)19(3)4)13-17(22)20(11-15-7-5-9-24-15)12-16-8-6-10-25-16/h5,7,9,14,16H,6,8,10-13H2,1-4H3. The zero-order chi connectivity index (χ0) is 18.4. The van der Waals surface area contributed by atoms with Crippen molar-refractivity contribution in [3.05, 3.63) is 24.2 Å². The van der Waals surface area contributed by atoms with E-state index in [4.69, 9.17) is 9.15 Å². The van der Waals surface area contributed by atoms with Gasteiger partial charge in [-0.05, 0) is 38.8 Å². The van der Waals surface area contributed by atoms with Gasteiger partial charge < -0.3 is 23.9 Å². The molecule has 1 aliphatic rings. The Morgan fingerprint density at radius 2 is 2.08 bits per heavy atom. The van der Waals surface area contributed by atoms with Crippen LogP contribution in [-0.4, -0.2) is 72.6 Å². The predicted molar refractivity (Wildman–Crippen MR) is 94.0 cm³/mol. The van der Waals surface area contributed by atoms with Crippen LogP contribution < -0.4 is 0 Å². The summed E-state index contributed by atoms with van der Waals surface area (Å²) >= 11 is 0. The van der Waals surface area contributed by atoms with Crippen LogP contribution >= 0.6 is 0 Å². The van der Waals surface area contributed by atoms with Crippen molar-refractivity contribution in [1.82, 2.24) is 14.7 Å². The van der Waals surface area contributed by atoms with Gasteiger partial charge >= 0.3 is 6.03 Å². The van der Waals surface area contributed by atoms with Crippen LogP contribution in [0.2, 0.25) is 0 Å². The normalized spacial score (nSPS) is 16.9. The number of nitrogens with zero attached hydrogens (tertiary/aromatic N) is 3. The lowest BCUT2D eigenvalue weighted by Crippen LogP contribution is -2.50. The van der Waals surface area contributed by atoms with Crippen molar-refractivity contribution in [1.29, 1.82) is 0 Å². The molecular formula is C18H29N3O4. The van der Waals surface area contributed by atoms with E-state index in [0.29, 0.717) is 13.1 Å². The van der Waals surface area contributed by atoms with E-state index in [0.717, 1.165) is 25.2 Å². The SMILES string of the molecule is CC(C)N(CC(=O)N(Cc1ccco1)CC1CCCO1)C(=O)N(C)C. The molecule has 7 nitrogen and oxygen atoms in total. The van der Waals surface area contributed by atoms with Crippen molar-refractivity contribution < 1.29 is 18.7 Å². The molecule has 7 heteroatoms. The van der Waals surface area contributed by atoms with Gasteiger partial charge in [-0.1, -0.05) is 0 Å². The smallest absolute Gasteiger partial charge is 0.320 e. The van der Waals surface area contributed by atoms with E-state index < -0.39 is 0 Å². The lowest BCUT2D eigenvalue weighted by molar-refractivity contribution is -0.134. The molecule has 1 aromatic heterocycles. The van der Waals surface area contributed by atoms with Gasteiger partial charge in [0.25, 0.3) is 0 Å². The Morgan fingerprint density at radius 1 is 1.32 bits per heavy atom. The molecule has 1 aliphatic heterocycles. The number of carbonyl (C=O) groups excluding carboxylic acids is 2. The van der Waals surface area contributed by atoms with Crippen LogP contribution in [0.15, 0.2) is 22.8 Å². The summed E-state index contributed by atoms with van der Waals surface area (Å²) in [6.45, 7) is 5.50. The molecule has 0 radical (unpaired) electrons. The first-order valence-corrected chi connectivity index (χ1v) is 8.78. The summed E-state index contributed by atoms with van der Waals surface area (Å²) in [5.74, 6) is 0.622. The lowest BCUT2D eigenvalue weighted by Gasteiger charge is -2.32. The molecule has 1 saturated heterocycles. The lowest BCUT2D eigenvalue weighted by atomic mass is 10.2. The molecule has 1 atom stereocenters. The topological polar surface area (TPSA) is 66.2 Å². The summed E-state index contributed by atoms with van der Waals surface area (Å²) in [5.41, 5.74) is 0. The van der Waals surface area contributed by atoms with E-state index in [1.165, 1.54) is 4.90 Å². The highest BCUT2D eigenvalue weighted by molar-refractivity contribution is 5.84. The summed E-state index contributed by atoms with van der Waals surface area (Å²) in [4.78, 5) is 30.1. The monoisotopic (exact) mass is 351 g/mol.